The summed E-state index contributed by atoms with van der Waals surface area (Å²) in [5, 5.41) is 10.3. The lowest BCUT2D eigenvalue weighted by Gasteiger charge is -2.34. The van der Waals surface area contributed by atoms with Crippen LogP contribution in [0.4, 0.5) is 5.69 Å². The summed E-state index contributed by atoms with van der Waals surface area (Å²) in [6.07, 6.45) is 0. The first-order chi connectivity index (χ1) is 20.4. The highest BCUT2D eigenvalue weighted by Crippen LogP contribution is 2.53. The highest BCUT2D eigenvalue weighted by molar-refractivity contribution is 5.86. The fourth-order valence-corrected chi connectivity index (χ4v) is 6.57. The first kappa shape index (κ1) is 32.8. The van der Waals surface area contributed by atoms with E-state index in [4.69, 9.17) is 14.5 Å². The zero-order valence-corrected chi connectivity index (χ0v) is 27.2. The van der Waals surface area contributed by atoms with Crippen LogP contribution in [0.15, 0.2) is 66.4 Å². The third-order valence-corrected chi connectivity index (χ3v) is 8.21. The molecule has 0 amide bonds. The van der Waals surface area contributed by atoms with Crippen LogP contribution >= 0.6 is 0 Å². The van der Waals surface area contributed by atoms with Crippen LogP contribution in [-0.4, -0.2) is 64.0 Å². The molecule has 0 saturated carbocycles. The van der Waals surface area contributed by atoms with Gasteiger partial charge in [-0.1, -0.05) is 74.5 Å². The topological polar surface area (TPSA) is 118 Å². The van der Waals surface area contributed by atoms with Crippen LogP contribution in [0.25, 0.3) is 28.2 Å². The number of benzene rings is 2. The molecule has 1 aromatic heterocycles. The van der Waals surface area contributed by atoms with Gasteiger partial charge >= 0.3 is 11.4 Å². The van der Waals surface area contributed by atoms with Gasteiger partial charge in [0.2, 0.25) is 0 Å². The molecular formula is C32H44ClN6O4+. The van der Waals surface area contributed by atoms with Gasteiger partial charge in [-0.05, 0) is 54.6 Å². The maximum absolute atomic E-state index is 12.3. The molecule has 3 aromatic rings. The van der Waals surface area contributed by atoms with Gasteiger partial charge in [-0.25, -0.2) is 4.90 Å². The van der Waals surface area contributed by atoms with E-state index in [1.54, 1.807) is 0 Å². The Morgan fingerprint density at radius 3 is 1.53 bits per heavy atom. The van der Waals surface area contributed by atoms with E-state index < -0.39 is 16.0 Å². The summed E-state index contributed by atoms with van der Waals surface area (Å²) in [6, 6.07) is 20.0. The number of likely N-dealkylation sites (N-methyl/N-ethyl adjacent to an activating group) is 2. The van der Waals surface area contributed by atoms with E-state index in [0.717, 1.165) is 16.8 Å². The molecule has 1 heterocycles. The minimum Gasteiger partial charge on any atom is -0.365 e. The molecule has 43 heavy (non-hydrogen) atoms. The summed E-state index contributed by atoms with van der Waals surface area (Å²) in [7, 11) is -4.79. The minimum absolute atomic E-state index is 0.123. The molecule has 10 nitrogen and oxygen atoms in total. The number of halogens is 1. The minimum atomic E-state index is -4.79. The van der Waals surface area contributed by atoms with E-state index in [1.165, 1.54) is 4.80 Å². The third kappa shape index (κ3) is 6.40. The predicted octanol–water partition coefficient (Wildman–Crippen LogP) is 2.20. The lowest BCUT2D eigenvalue weighted by molar-refractivity contribution is -1.92. The Labute approximate surface area is 257 Å². The van der Waals surface area contributed by atoms with Crippen molar-refractivity contribution in [2.75, 3.05) is 31.1 Å². The molecule has 1 atom stereocenters. The van der Waals surface area contributed by atoms with E-state index >= 15 is 0 Å². The Balaban J connectivity index is 2.14. The second-order valence-electron chi connectivity index (χ2n) is 11.0. The molecule has 1 aliphatic carbocycles. The van der Waals surface area contributed by atoms with E-state index in [9.17, 15) is 14.0 Å². The molecule has 1 unspecified atom stereocenters. The first-order valence-corrected chi connectivity index (χ1v) is 16.3. The van der Waals surface area contributed by atoms with Crippen molar-refractivity contribution in [2.24, 2.45) is 0 Å². The fourth-order valence-electron chi connectivity index (χ4n) is 6.05. The Kier molecular flexibility index (Phi) is 10.1. The molecule has 0 aliphatic heterocycles. The molecule has 2 aromatic carbocycles. The zero-order chi connectivity index (χ0) is 31.5. The molecule has 0 saturated heterocycles. The predicted molar refractivity (Wildman–Crippen MR) is 159 cm³/mol. The molecule has 0 radical (unpaired) electrons. The molecular weight excluding hydrogens is 568 g/mol. The van der Waals surface area contributed by atoms with Crippen molar-refractivity contribution < 1.29 is 33.3 Å². The molecule has 0 fully saturated rings. The van der Waals surface area contributed by atoms with Crippen molar-refractivity contribution in [3.63, 3.8) is 0 Å². The van der Waals surface area contributed by atoms with Gasteiger partial charge in [0.05, 0.1) is 15.0 Å². The van der Waals surface area contributed by atoms with Crippen LogP contribution in [-0.2, 0) is 4.29 Å². The summed E-state index contributed by atoms with van der Waals surface area (Å²) in [5.74, 6) is 0. The van der Waals surface area contributed by atoms with Gasteiger partial charge < -0.3 is 9.80 Å². The van der Waals surface area contributed by atoms with Crippen molar-refractivity contribution in [2.45, 2.75) is 73.2 Å². The summed E-state index contributed by atoms with van der Waals surface area (Å²) in [5.41, 5.74) is 3.34. The number of hydrogen-bond donors (Lipinski definition) is 0. The Bertz CT molecular complexity index is 1340. The average molecular weight is 612 g/mol. The molecule has 1 aliphatic rings. The maximum Gasteiger partial charge on any atom is 0.415 e. The van der Waals surface area contributed by atoms with Gasteiger partial charge in [-0.2, -0.15) is 14.0 Å². The highest BCUT2D eigenvalue weighted by atomic mass is 35.7. The summed E-state index contributed by atoms with van der Waals surface area (Å²) in [6.45, 7) is 18.3. The quantitative estimate of drug-likeness (QED) is 0.200. The first-order valence-electron chi connectivity index (χ1n) is 15.1. The van der Waals surface area contributed by atoms with Crippen LogP contribution in [0.5, 0.6) is 0 Å². The Morgan fingerprint density at radius 1 is 0.744 bits per heavy atom. The number of anilines is 1. The number of nitrogens with zero attached hydrogens (tertiary/aromatic N) is 6. The summed E-state index contributed by atoms with van der Waals surface area (Å²) < 4.78 is 42.3. The van der Waals surface area contributed by atoms with E-state index in [-0.39, 0.29) is 12.1 Å². The van der Waals surface area contributed by atoms with Crippen LogP contribution in [0.2, 0.25) is 0 Å². The monoisotopic (exact) mass is 611 g/mol. The van der Waals surface area contributed by atoms with Crippen LogP contribution in [0, 0.1) is 10.2 Å². The molecule has 232 valence electrons. The van der Waals surface area contributed by atoms with Gasteiger partial charge in [-0.3, -0.25) is 0 Å². The average Bonchev–Trinajstić information content (AvgIpc) is 3.61. The molecule has 0 spiro atoms. The Morgan fingerprint density at radius 2 is 1.19 bits per heavy atom. The van der Waals surface area contributed by atoms with Gasteiger partial charge in [0.15, 0.2) is 17.1 Å². The SMILES string of the molecule is CCN(CC)C1=C([n+]2nc(-c3ccccc3)c(N(C(C)C)C(C)C)c(-c3ccccc3)n2)C1(O[Cl+3]([O-])([O-])[O-])N(CC)CC. The largest absolute Gasteiger partial charge is 0.415 e. The van der Waals surface area contributed by atoms with Gasteiger partial charge in [0.1, 0.15) is 9.98 Å². The summed E-state index contributed by atoms with van der Waals surface area (Å²) >= 11 is 0. The number of rotatable bonds is 14. The highest BCUT2D eigenvalue weighted by Gasteiger charge is 2.80. The van der Waals surface area contributed by atoms with Crippen LogP contribution < -0.4 is 23.7 Å². The number of hydrogen-bond acceptors (Lipinski definition) is 9. The van der Waals surface area contributed by atoms with E-state index in [2.05, 4.69) is 32.6 Å². The standard InChI is InChI=1S/C32H44ClN6O4/c1-9-36(10-2)30-31(32(30,37(11-3)12-4)43-33(40,41)42)39-34-27(25-19-15-13-16-20-25)29(38(23(5)6)24(7)8)28(35-39)26-21-17-14-18-22-26/h13-24H,9-12H2,1-8H3/q+1. The van der Waals surface area contributed by atoms with Crippen molar-refractivity contribution in [1.29, 1.82) is 0 Å². The molecule has 0 bridgehead atoms. The van der Waals surface area contributed by atoms with Crippen molar-refractivity contribution in [1.82, 2.24) is 20.0 Å². The Hall–Kier alpha value is -3.12. The third-order valence-electron chi connectivity index (χ3n) is 7.80. The normalized spacial score (nSPS) is 16.9. The fraction of sp³-hybridized carbons (Fsp3) is 0.469. The summed E-state index contributed by atoms with van der Waals surface area (Å²) in [4.78, 5) is 7.61. The molecule has 0 N–H and O–H groups in total. The van der Waals surface area contributed by atoms with Crippen molar-refractivity contribution in [3.8, 4) is 22.5 Å². The van der Waals surface area contributed by atoms with E-state index in [0.29, 0.717) is 49.0 Å². The van der Waals surface area contributed by atoms with Gasteiger partial charge in [-0.15, -0.1) is 0 Å². The molecule has 4 rings (SSSR count). The lowest BCUT2D eigenvalue weighted by Crippen LogP contribution is -2.66. The van der Waals surface area contributed by atoms with Gasteiger partial charge in [0.25, 0.3) is 0 Å². The smallest absolute Gasteiger partial charge is 0.365 e. The van der Waals surface area contributed by atoms with E-state index in [1.807, 2.05) is 98.2 Å². The second-order valence-corrected chi connectivity index (χ2v) is 11.9. The zero-order valence-electron chi connectivity index (χ0n) is 26.5. The van der Waals surface area contributed by atoms with Crippen LogP contribution in [0.1, 0.15) is 55.4 Å². The number of aromatic nitrogens is 3. The lowest BCUT2D eigenvalue weighted by atomic mass is 10.0. The molecule has 11 heteroatoms. The van der Waals surface area contributed by atoms with Crippen molar-refractivity contribution >= 4 is 11.4 Å². The van der Waals surface area contributed by atoms with Crippen LogP contribution in [0.3, 0.4) is 0 Å². The van der Waals surface area contributed by atoms with Gasteiger partial charge in [0, 0.05) is 46.5 Å². The second kappa shape index (κ2) is 13.3. The van der Waals surface area contributed by atoms with Crippen molar-refractivity contribution in [3.05, 3.63) is 66.4 Å². The maximum atomic E-state index is 12.3.